The summed E-state index contributed by atoms with van der Waals surface area (Å²) in [6.45, 7) is 3.28. The molecule has 3 saturated carbocycles. The number of hydrogen-bond acceptors (Lipinski definition) is 7. The van der Waals surface area contributed by atoms with Crippen LogP contribution >= 0.6 is 0 Å². The van der Waals surface area contributed by atoms with E-state index in [1.807, 2.05) is 13.0 Å². The summed E-state index contributed by atoms with van der Waals surface area (Å²) in [4.78, 5) is 25.9. The van der Waals surface area contributed by atoms with Crippen molar-refractivity contribution in [2.24, 2.45) is 28.6 Å². The molecular formula is C36H36FNO6. The van der Waals surface area contributed by atoms with Gasteiger partial charge < -0.3 is 25.4 Å². The second-order valence-corrected chi connectivity index (χ2v) is 13.4. The van der Waals surface area contributed by atoms with Crippen molar-refractivity contribution in [2.75, 3.05) is 12.3 Å². The minimum Gasteiger partial charge on any atom is -0.399 e. The number of aliphatic hydroxyl groups excluding tert-OH is 2. The molecule has 0 amide bonds. The fourth-order valence-corrected chi connectivity index (χ4v) is 9.41. The van der Waals surface area contributed by atoms with Crippen molar-refractivity contribution >= 4 is 17.3 Å². The minimum absolute atomic E-state index is 0.0331. The Morgan fingerprint density at radius 3 is 2.75 bits per heavy atom. The predicted molar refractivity (Wildman–Crippen MR) is 160 cm³/mol. The van der Waals surface area contributed by atoms with Crippen LogP contribution in [0.3, 0.4) is 0 Å². The maximum absolute atomic E-state index is 15.9. The highest BCUT2D eigenvalue weighted by molar-refractivity contribution is 6.01. The highest BCUT2D eigenvalue weighted by Gasteiger charge is 2.76. The second-order valence-electron chi connectivity index (χ2n) is 13.4. The van der Waals surface area contributed by atoms with E-state index in [0.29, 0.717) is 17.7 Å². The van der Waals surface area contributed by atoms with Crippen LogP contribution in [0.15, 0.2) is 66.3 Å². The third kappa shape index (κ3) is 4.03. The van der Waals surface area contributed by atoms with Crippen LogP contribution in [-0.2, 0) is 19.1 Å². The first kappa shape index (κ1) is 29.1. The van der Waals surface area contributed by atoms with Gasteiger partial charge in [-0.15, -0.1) is 0 Å². The molecular weight excluding hydrogens is 561 g/mol. The number of carbonyl (C=O) groups is 2. The number of anilines is 1. The zero-order chi connectivity index (χ0) is 31.0. The van der Waals surface area contributed by atoms with Gasteiger partial charge in [0, 0.05) is 33.6 Å². The van der Waals surface area contributed by atoms with Crippen LogP contribution < -0.4 is 5.73 Å². The standard InChI is InChI=1S/C36H36FNO6/c1-34-14-13-24(40)16-22(34)11-12-25-27-17-30-36(29(42)19-39,35(27,2)18-28(41)31(25)34)44-33(43-30)26-8-4-6-21(32(26)37)10-9-20-5-3-7-23(38)15-20/h3-8,13-16,25,27-28,30-31,33,39,41H,11-12,17-19,38H2,1-2H3/t25-,27-,28-,30+,31+,33+,34-,35-,36+/m0/s1. The SMILES string of the molecule is C[C@]12C=CC(=O)C=C1CC[C@@H]1[C@@H]2[C@@H](O)C[C@@]2(C)[C@H]1C[C@H]1O[C@@H](c3cccc(C#Cc4cccc(N)c4)c3F)O[C@]12C(=O)CO. The first-order chi connectivity index (χ1) is 21.0. The number of benzene rings is 2. The molecule has 4 N–H and O–H groups in total. The Kier molecular flexibility index (Phi) is 6.76. The summed E-state index contributed by atoms with van der Waals surface area (Å²) in [6, 6.07) is 11.8. The fraction of sp³-hybridized carbons (Fsp3) is 0.444. The number of ketones is 2. The number of carbonyl (C=O) groups excluding carboxylic acids is 2. The van der Waals surface area contributed by atoms with Gasteiger partial charge in [-0.2, -0.15) is 0 Å². The fourth-order valence-electron chi connectivity index (χ4n) is 9.41. The van der Waals surface area contributed by atoms with E-state index < -0.39 is 53.1 Å². The molecule has 0 radical (unpaired) electrons. The lowest BCUT2D eigenvalue weighted by Crippen LogP contribution is -2.63. The van der Waals surface area contributed by atoms with Gasteiger partial charge in [-0.05, 0) is 73.9 Å². The largest absolute Gasteiger partial charge is 0.399 e. The van der Waals surface area contributed by atoms with Crippen LogP contribution in [0, 0.1) is 46.2 Å². The number of ether oxygens (including phenoxy) is 2. The molecule has 44 heavy (non-hydrogen) atoms. The molecule has 0 unspecified atom stereocenters. The van der Waals surface area contributed by atoms with Crippen LogP contribution in [0.25, 0.3) is 0 Å². The lowest BCUT2D eigenvalue weighted by molar-refractivity contribution is -0.201. The summed E-state index contributed by atoms with van der Waals surface area (Å²) in [5.74, 6) is 4.48. The number of nitrogens with two attached hydrogens (primary N) is 1. The molecule has 0 aromatic heterocycles. The van der Waals surface area contributed by atoms with E-state index in [1.54, 1.807) is 54.6 Å². The average molecular weight is 598 g/mol. The molecule has 4 fully saturated rings. The number of fused-ring (bicyclic) bond motifs is 7. The van der Waals surface area contributed by atoms with E-state index in [1.165, 1.54) is 0 Å². The predicted octanol–water partition coefficient (Wildman–Crippen LogP) is 4.41. The van der Waals surface area contributed by atoms with Crippen LogP contribution in [0.4, 0.5) is 10.1 Å². The van der Waals surface area contributed by atoms with Gasteiger partial charge in [-0.3, -0.25) is 9.59 Å². The topological polar surface area (TPSA) is 119 Å². The molecule has 1 saturated heterocycles. The molecule has 7 nitrogen and oxygen atoms in total. The molecule has 0 spiro atoms. The maximum atomic E-state index is 15.9. The molecule has 5 aliphatic rings. The highest BCUT2D eigenvalue weighted by Crippen LogP contribution is 2.70. The summed E-state index contributed by atoms with van der Waals surface area (Å²) in [5, 5.41) is 22.0. The van der Waals surface area contributed by atoms with E-state index in [9.17, 15) is 19.8 Å². The molecule has 8 heteroatoms. The summed E-state index contributed by atoms with van der Waals surface area (Å²) in [7, 11) is 0. The van der Waals surface area contributed by atoms with Gasteiger partial charge in [0.2, 0.25) is 0 Å². The molecule has 4 aliphatic carbocycles. The highest BCUT2D eigenvalue weighted by atomic mass is 19.1. The van der Waals surface area contributed by atoms with Gasteiger partial charge in [-0.25, -0.2) is 4.39 Å². The number of Topliss-reactive ketones (excluding diaryl/α,β-unsaturated/α-hetero) is 1. The Morgan fingerprint density at radius 2 is 1.98 bits per heavy atom. The lowest BCUT2D eigenvalue weighted by atomic mass is 9.46. The van der Waals surface area contributed by atoms with E-state index in [2.05, 4.69) is 18.8 Å². The summed E-state index contributed by atoms with van der Waals surface area (Å²) < 4.78 is 28.9. The number of halogens is 1. The molecule has 228 valence electrons. The third-order valence-electron chi connectivity index (χ3n) is 11.3. The van der Waals surface area contributed by atoms with E-state index in [4.69, 9.17) is 15.2 Å². The first-order valence-corrected chi connectivity index (χ1v) is 15.3. The van der Waals surface area contributed by atoms with Gasteiger partial charge >= 0.3 is 0 Å². The van der Waals surface area contributed by atoms with Crippen molar-refractivity contribution in [3.8, 4) is 11.8 Å². The van der Waals surface area contributed by atoms with Gasteiger partial charge in [0.05, 0.1) is 17.8 Å². The summed E-state index contributed by atoms with van der Waals surface area (Å²) >= 11 is 0. The summed E-state index contributed by atoms with van der Waals surface area (Å²) in [5.41, 5.74) is 5.45. The van der Waals surface area contributed by atoms with Crippen molar-refractivity contribution in [1.82, 2.24) is 0 Å². The molecule has 1 aliphatic heterocycles. The van der Waals surface area contributed by atoms with Gasteiger partial charge in [0.15, 0.2) is 23.5 Å². The van der Waals surface area contributed by atoms with Crippen molar-refractivity contribution in [3.05, 3.63) is 88.8 Å². The smallest absolute Gasteiger partial charge is 0.193 e. The molecule has 0 bridgehead atoms. The van der Waals surface area contributed by atoms with Gasteiger partial charge in [-0.1, -0.05) is 55.5 Å². The third-order valence-corrected chi connectivity index (χ3v) is 11.3. The maximum Gasteiger partial charge on any atom is 0.193 e. The Labute approximate surface area is 255 Å². The van der Waals surface area contributed by atoms with Crippen molar-refractivity contribution in [1.29, 1.82) is 0 Å². The Balaban J connectivity index is 1.23. The van der Waals surface area contributed by atoms with Crippen LogP contribution in [0.5, 0.6) is 0 Å². The number of allylic oxidation sites excluding steroid dienone is 4. The Hall–Kier alpha value is -3.61. The van der Waals surface area contributed by atoms with Crippen molar-refractivity contribution < 1.29 is 33.7 Å². The van der Waals surface area contributed by atoms with E-state index in [0.717, 1.165) is 18.4 Å². The minimum atomic E-state index is -1.56. The Morgan fingerprint density at radius 1 is 1.18 bits per heavy atom. The Bertz CT molecular complexity index is 1690. The molecule has 7 rings (SSSR count). The van der Waals surface area contributed by atoms with Gasteiger partial charge in [0.1, 0.15) is 12.4 Å². The van der Waals surface area contributed by atoms with Crippen molar-refractivity contribution in [2.45, 2.75) is 63.6 Å². The number of nitrogen functional groups attached to an aromatic ring is 1. The quantitative estimate of drug-likeness (QED) is 0.354. The van der Waals surface area contributed by atoms with Crippen molar-refractivity contribution in [3.63, 3.8) is 0 Å². The molecule has 1 heterocycles. The molecule has 2 aromatic carbocycles. The normalized spacial score (nSPS) is 38.5. The zero-order valence-corrected chi connectivity index (χ0v) is 24.8. The number of aliphatic hydroxyl groups is 2. The number of rotatable bonds is 3. The average Bonchev–Trinajstić information content (AvgIpc) is 3.49. The van der Waals surface area contributed by atoms with E-state index in [-0.39, 0.29) is 41.1 Å². The second kappa shape index (κ2) is 10.2. The lowest BCUT2D eigenvalue weighted by Gasteiger charge is -2.59. The number of hydrogen-bond donors (Lipinski definition) is 3. The van der Waals surface area contributed by atoms with Crippen LogP contribution in [-0.4, -0.2) is 46.2 Å². The molecule has 9 atom stereocenters. The van der Waals surface area contributed by atoms with E-state index >= 15 is 4.39 Å². The monoisotopic (exact) mass is 597 g/mol. The summed E-state index contributed by atoms with van der Waals surface area (Å²) in [6.07, 6.45) is 4.71. The zero-order valence-electron chi connectivity index (χ0n) is 24.8. The molecule has 2 aromatic rings. The van der Waals surface area contributed by atoms with Crippen LogP contribution in [0.1, 0.15) is 62.5 Å². The first-order valence-electron chi connectivity index (χ1n) is 15.3. The van der Waals surface area contributed by atoms with Gasteiger partial charge in [0.25, 0.3) is 0 Å². The van der Waals surface area contributed by atoms with Crippen LogP contribution in [0.2, 0.25) is 0 Å².